The average molecular weight is 316 g/mol. The third kappa shape index (κ3) is 3.69. The summed E-state index contributed by atoms with van der Waals surface area (Å²) in [6.45, 7) is 10.8. The van der Waals surface area contributed by atoms with Gasteiger partial charge in [0, 0.05) is 31.4 Å². The normalized spacial score (nSPS) is 16.7. The molecular formula is C17H24N4O2. The Morgan fingerprint density at radius 3 is 2.57 bits per heavy atom. The van der Waals surface area contributed by atoms with Gasteiger partial charge in [0.25, 0.3) is 0 Å². The SMILES string of the molecule is Cc1cnc(C)c(OC2CCN(Cc3c(C)noc3C)CC2)n1. The van der Waals surface area contributed by atoms with Crippen LogP contribution in [0.25, 0.3) is 0 Å². The minimum absolute atomic E-state index is 0.214. The lowest BCUT2D eigenvalue weighted by molar-refractivity contribution is 0.0918. The lowest BCUT2D eigenvalue weighted by Crippen LogP contribution is -2.38. The summed E-state index contributed by atoms with van der Waals surface area (Å²) in [6.07, 6.45) is 3.98. The second kappa shape index (κ2) is 6.66. The molecule has 2 aromatic rings. The zero-order valence-corrected chi connectivity index (χ0v) is 14.3. The van der Waals surface area contributed by atoms with E-state index < -0.39 is 0 Å². The van der Waals surface area contributed by atoms with Gasteiger partial charge in [-0.3, -0.25) is 9.88 Å². The van der Waals surface area contributed by atoms with Crippen molar-refractivity contribution < 1.29 is 9.26 Å². The van der Waals surface area contributed by atoms with Crippen molar-refractivity contribution in [3.8, 4) is 5.88 Å². The van der Waals surface area contributed by atoms with E-state index in [-0.39, 0.29) is 6.10 Å². The molecule has 3 rings (SSSR count). The lowest BCUT2D eigenvalue weighted by Gasteiger charge is -2.31. The van der Waals surface area contributed by atoms with E-state index in [0.29, 0.717) is 5.88 Å². The van der Waals surface area contributed by atoms with E-state index in [1.54, 1.807) is 6.20 Å². The first-order chi connectivity index (χ1) is 11.0. The van der Waals surface area contributed by atoms with Crippen LogP contribution in [0.5, 0.6) is 5.88 Å². The molecule has 6 nitrogen and oxygen atoms in total. The van der Waals surface area contributed by atoms with E-state index in [4.69, 9.17) is 9.26 Å². The molecule has 1 saturated heterocycles. The zero-order chi connectivity index (χ0) is 16.4. The molecule has 0 aromatic carbocycles. The molecule has 1 fully saturated rings. The number of ether oxygens (including phenoxy) is 1. The van der Waals surface area contributed by atoms with Crippen LogP contribution in [-0.4, -0.2) is 39.2 Å². The quantitative estimate of drug-likeness (QED) is 0.864. The van der Waals surface area contributed by atoms with Gasteiger partial charge >= 0.3 is 0 Å². The molecule has 3 heterocycles. The van der Waals surface area contributed by atoms with Crippen LogP contribution in [0.15, 0.2) is 10.7 Å². The highest BCUT2D eigenvalue weighted by Crippen LogP contribution is 2.22. The maximum Gasteiger partial charge on any atom is 0.235 e. The Labute approximate surface area is 136 Å². The van der Waals surface area contributed by atoms with Gasteiger partial charge in [-0.25, -0.2) is 4.98 Å². The molecule has 0 atom stereocenters. The Morgan fingerprint density at radius 1 is 1.17 bits per heavy atom. The van der Waals surface area contributed by atoms with E-state index in [1.807, 2.05) is 27.7 Å². The van der Waals surface area contributed by atoms with Crippen molar-refractivity contribution in [2.24, 2.45) is 0 Å². The van der Waals surface area contributed by atoms with Crippen LogP contribution in [-0.2, 0) is 6.54 Å². The van der Waals surface area contributed by atoms with Crippen LogP contribution in [0.3, 0.4) is 0 Å². The summed E-state index contributed by atoms with van der Waals surface area (Å²) >= 11 is 0. The molecule has 124 valence electrons. The summed E-state index contributed by atoms with van der Waals surface area (Å²) in [7, 11) is 0. The van der Waals surface area contributed by atoms with Crippen LogP contribution in [0.2, 0.25) is 0 Å². The highest BCUT2D eigenvalue weighted by atomic mass is 16.5. The Hall–Kier alpha value is -1.95. The van der Waals surface area contributed by atoms with Crippen molar-refractivity contribution in [1.82, 2.24) is 20.0 Å². The minimum atomic E-state index is 0.214. The average Bonchev–Trinajstić information content (AvgIpc) is 2.85. The van der Waals surface area contributed by atoms with Gasteiger partial charge < -0.3 is 9.26 Å². The maximum atomic E-state index is 6.07. The second-order valence-corrected chi connectivity index (χ2v) is 6.30. The molecule has 0 bridgehead atoms. The first kappa shape index (κ1) is 15.9. The number of hydrogen-bond donors (Lipinski definition) is 0. The highest BCUT2D eigenvalue weighted by Gasteiger charge is 2.23. The first-order valence-corrected chi connectivity index (χ1v) is 8.14. The Balaban J connectivity index is 1.55. The summed E-state index contributed by atoms with van der Waals surface area (Å²) in [5.74, 6) is 1.60. The molecule has 2 aromatic heterocycles. The third-order valence-electron chi connectivity index (χ3n) is 4.41. The van der Waals surface area contributed by atoms with Crippen LogP contribution < -0.4 is 4.74 Å². The van der Waals surface area contributed by atoms with E-state index >= 15 is 0 Å². The summed E-state index contributed by atoms with van der Waals surface area (Å²) in [4.78, 5) is 11.2. The van der Waals surface area contributed by atoms with Gasteiger partial charge in [-0.05, 0) is 40.5 Å². The largest absolute Gasteiger partial charge is 0.473 e. The van der Waals surface area contributed by atoms with E-state index in [2.05, 4.69) is 20.0 Å². The van der Waals surface area contributed by atoms with Gasteiger partial charge in [0.05, 0.1) is 17.1 Å². The summed E-state index contributed by atoms with van der Waals surface area (Å²) < 4.78 is 11.3. The van der Waals surface area contributed by atoms with Gasteiger partial charge in [-0.1, -0.05) is 5.16 Å². The Morgan fingerprint density at radius 2 is 1.91 bits per heavy atom. The lowest BCUT2D eigenvalue weighted by atomic mass is 10.1. The molecule has 0 unspecified atom stereocenters. The van der Waals surface area contributed by atoms with Crippen molar-refractivity contribution in [1.29, 1.82) is 0 Å². The number of rotatable bonds is 4. The second-order valence-electron chi connectivity index (χ2n) is 6.30. The molecule has 0 aliphatic carbocycles. The van der Waals surface area contributed by atoms with Gasteiger partial charge in [0.15, 0.2) is 0 Å². The minimum Gasteiger partial charge on any atom is -0.473 e. The molecule has 0 saturated carbocycles. The highest BCUT2D eigenvalue weighted by molar-refractivity contribution is 5.21. The smallest absolute Gasteiger partial charge is 0.235 e. The Kier molecular flexibility index (Phi) is 4.61. The van der Waals surface area contributed by atoms with Crippen molar-refractivity contribution in [2.45, 2.75) is 53.2 Å². The van der Waals surface area contributed by atoms with Gasteiger partial charge in [-0.2, -0.15) is 0 Å². The molecule has 0 N–H and O–H groups in total. The van der Waals surface area contributed by atoms with Gasteiger partial charge in [0.2, 0.25) is 5.88 Å². The first-order valence-electron chi connectivity index (χ1n) is 8.14. The number of likely N-dealkylation sites (tertiary alicyclic amines) is 1. The monoisotopic (exact) mass is 316 g/mol. The molecule has 1 aliphatic rings. The van der Waals surface area contributed by atoms with Crippen molar-refractivity contribution >= 4 is 0 Å². The topological polar surface area (TPSA) is 64.3 Å². The fourth-order valence-electron chi connectivity index (χ4n) is 2.92. The van der Waals surface area contributed by atoms with E-state index in [0.717, 1.165) is 55.3 Å². The van der Waals surface area contributed by atoms with E-state index in [1.165, 1.54) is 5.56 Å². The van der Waals surface area contributed by atoms with Gasteiger partial charge in [-0.15, -0.1) is 0 Å². The van der Waals surface area contributed by atoms with Crippen molar-refractivity contribution in [3.05, 3.63) is 34.6 Å². The standard InChI is InChI=1S/C17H24N4O2/c1-11-9-18-13(3)17(19-11)22-15-5-7-21(8-6-15)10-16-12(2)20-23-14(16)4/h9,15H,5-8,10H2,1-4H3. The number of aromatic nitrogens is 3. The summed E-state index contributed by atoms with van der Waals surface area (Å²) in [5, 5.41) is 4.03. The predicted octanol–water partition coefficient (Wildman–Crippen LogP) is 2.74. The third-order valence-corrected chi connectivity index (χ3v) is 4.41. The zero-order valence-electron chi connectivity index (χ0n) is 14.3. The molecule has 0 spiro atoms. The summed E-state index contributed by atoms with van der Waals surface area (Å²) in [6, 6.07) is 0. The van der Waals surface area contributed by atoms with E-state index in [9.17, 15) is 0 Å². The van der Waals surface area contributed by atoms with Crippen molar-refractivity contribution in [3.63, 3.8) is 0 Å². The van der Waals surface area contributed by atoms with Crippen LogP contribution in [0.1, 0.15) is 41.2 Å². The van der Waals surface area contributed by atoms with Crippen LogP contribution >= 0.6 is 0 Å². The van der Waals surface area contributed by atoms with Crippen LogP contribution in [0.4, 0.5) is 0 Å². The summed E-state index contributed by atoms with van der Waals surface area (Å²) in [5.41, 5.74) is 3.95. The number of nitrogens with zero attached hydrogens (tertiary/aromatic N) is 4. The number of hydrogen-bond acceptors (Lipinski definition) is 6. The Bertz CT molecular complexity index is 656. The molecule has 1 aliphatic heterocycles. The fraction of sp³-hybridized carbons (Fsp3) is 0.588. The molecule has 23 heavy (non-hydrogen) atoms. The number of piperidine rings is 1. The number of aryl methyl sites for hydroxylation is 4. The van der Waals surface area contributed by atoms with Crippen molar-refractivity contribution in [2.75, 3.05) is 13.1 Å². The molecule has 6 heteroatoms. The fourth-order valence-corrected chi connectivity index (χ4v) is 2.92. The molecule has 0 radical (unpaired) electrons. The molecular weight excluding hydrogens is 292 g/mol. The maximum absolute atomic E-state index is 6.07. The predicted molar refractivity (Wildman–Crippen MR) is 86.4 cm³/mol. The molecule has 0 amide bonds. The van der Waals surface area contributed by atoms with Gasteiger partial charge in [0.1, 0.15) is 11.9 Å². The van der Waals surface area contributed by atoms with Crippen LogP contribution in [0, 0.1) is 27.7 Å².